The lowest BCUT2D eigenvalue weighted by Gasteiger charge is -2.41. The first-order chi connectivity index (χ1) is 10.2. The molecule has 0 bridgehead atoms. The van der Waals surface area contributed by atoms with Gasteiger partial charge in [-0.2, -0.15) is 0 Å². The van der Waals surface area contributed by atoms with Crippen molar-refractivity contribution >= 4 is 11.4 Å². The summed E-state index contributed by atoms with van der Waals surface area (Å²) in [5.41, 5.74) is 1.27. The number of hydrogen-bond acceptors (Lipinski definition) is 4. The molecule has 1 saturated heterocycles. The minimum Gasteiger partial charge on any atom is -0.369 e. The molecule has 0 unspecified atom stereocenters. The monoisotopic (exact) mass is 289 g/mol. The molecular weight excluding hydrogens is 266 g/mol. The van der Waals surface area contributed by atoms with E-state index in [0.717, 1.165) is 37.9 Å². The first-order valence-electron chi connectivity index (χ1n) is 7.97. The molecule has 0 radical (unpaired) electrons. The molecule has 5 nitrogen and oxygen atoms in total. The number of nitro benzene ring substituents is 1. The van der Waals surface area contributed by atoms with E-state index >= 15 is 0 Å². The average Bonchev–Trinajstić information content (AvgIpc) is 2.56. The fourth-order valence-corrected chi connectivity index (χ4v) is 3.58. The molecule has 21 heavy (non-hydrogen) atoms. The van der Waals surface area contributed by atoms with Crippen LogP contribution < -0.4 is 4.90 Å². The summed E-state index contributed by atoms with van der Waals surface area (Å²) in [5, 5.41) is 10.7. The summed E-state index contributed by atoms with van der Waals surface area (Å²) in [6.45, 7) is 4.27. The van der Waals surface area contributed by atoms with Gasteiger partial charge in [-0.25, -0.2) is 0 Å². The molecule has 0 amide bonds. The zero-order chi connectivity index (χ0) is 14.7. The maximum absolute atomic E-state index is 10.7. The zero-order valence-corrected chi connectivity index (χ0v) is 12.4. The van der Waals surface area contributed by atoms with Gasteiger partial charge in [0.15, 0.2) is 0 Å². The van der Waals surface area contributed by atoms with Gasteiger partial charge in [-0.15, -0.1) is 0 Å². The van der Waals surface area contributed by atoms with Crippen molar-refractivity contribution in [3.8, 4) is 0 Å². The molecule has 0 N–H and O–H groups in total. The molecular formula is C16H23N3O2. The third-order valence-corrected chi connectivity index (χ3v) is 4.83. The lowest BCUT2D eigenvalue weighted by atomic mass is 9.94. The van der Waals surface area contributed by atoms with E-state index in [2.05, 4.69) is 9.80 Å². The second-order valence-electron chi connectivity index (χ2n) is 6.09. The Morgan fingerprint density at radius 3 is 2.14 bits per heavy atom. The first kappa shape index (κ1) is 14.3. The van der Waals surface area contributed by atoms with Crippen LogP contribution in [0.15, 0.2) is 24.3 Å². The fourth-order valence-electron chi connectivity index (χ4n) is 3.58. The third kappa shape index (κ3) is 3.35. The van der Waals surface area contributed by atoms with Crippen molar-refractivity contribution in [2.75, 3.05) is 31.1 Å². The van der Waals surface area contributed by atoms with Gasteiger partial charge in [0, 0.05) is 50.0 Å². The number of benzene rings is 1. The number of piperazine rings is 1. The van der Waals surface area contributed by atoms with Crippen LogP contribution in [0, 0.1) is 10.1 Å². The van der Waals surface area contributed by atoms with E-state index in [9.17, 15) is 10.1 Å². The highest BCUT2D eigenvalue weighted by Gasteiger charge is 2.25. The zero-order valence-electron chi connectivity index (χ0n) is 12.4. The Balaban J connectivity index is 1.56. The van der Waals surface area contributed by atoms with Gasteiger partial charge in [0.1, 0.15) is 0 Å². The van der Waals surface area contributed by atoms with Gasteiger partial charge in [0.05, 0.1) is 4.92 Å². The van der Waals surface area contributed by atoms with Crippen LogP contribution in [-0.4, -0.2) is 42.0 Å². The molecule has 1 aromatic rings. The fraction of sp³-hybridized carbons (Fsp3) is 0.625. The molecule has 3 rings (SSSR count). The maximum atomic E-state index is 10.7. The second-order valence-corrected chi connectivity index (χ2v) is 6.09. The van der Waals surface area contributed by atoms with Crippen molar-refractivity contribution in [1.29, 1.82) is 0 Å². The molecule has 0 spiro atoms. The van der Waals surface area contributed by atoms with E-state index in [-0.39, 0.29) is 10.6 Å². The van der Waals surface area contributed by atoms with Crippen molar-refractivity contribution in [3.05, 3.63) is 34.4 Å². The molecule has 0 atom stereocenters. The van der Waals surface area contributed by atoms with Gasteiger partial charge in [-0.3, -0.25) is 15.0 Å². The van der Waals surface area contributed by atoms with Crippen LogP contribution >= 0.6 is 0 Å². The Hall–Kier alpha value is -1.62. The maximum Gasteiger partial charge on any atom is 0.269 e. The molecule has 1 aromatic carbocycles. The van der Waals surface area contributed by atoms with E-state index in [1.165, 1.54) is 32.1 Å². The Labute approximate surface area is 125 Å². The molecule has 2 fully saturated rings. The molecule has 1 saturated carbocycles. The first-order valence-corrected chi connectivity index (χ1v) is 7.97. The summed E-state index contributed by atoms with van der Waals surface area (Å²) >= 11 is 0. The molecule has 114 valence electrons. The molecule has 0 aromatic heterocycles. The molecule has 1 heterocycles. The average molecular weight is 289 g/mol. The largest absolute Gasteiger partial charge is 0.369 e. The Morgan fingerprint density at radius 1 is 0.952 bits per heavy atom. The lowest BCUT2D eigenvalue weighted by molar-refractivity contribution is -0.384. The van der Waals surface area contributed by atoms with Gasteiger partial charge >= 0.3 is 0 Å². The quantitative estimate of drug-likeness (QED) is 0.634. The summed E-state index contributed by atoms with van der Waals surface area (Å²) in [6.07, 6.45) is 6.88. The van der Waals surface area contributed by atoms with E-state index in [1.807, 2.05) is 12.1 Å². The number of non-ortho nitro benzene ring substituents is 1. The second kappa shape index (κ2) is 6.43. The van der Waals surface area contributed by atoms with Gasteiger partial charge in [0.2, 0.25) is 0 Å². The Morgan fingerprint density at radius 2 is 1.57 bits per heavy atom. The summed E-state index contributed by atoms with van der Waals surface area (Å²) in [6, 6.07) is 7.73. The summed E-state index contributed by atoms with van der Waals surface area (Å²) in [4.78, 5) is 15.3. The van der Waals surface area contributed by atoms with Crippen molar-refractivity contribution < 1.29 is 4.92 Å². The SMILES string of the molecule is O=[N+]([O-])c1ccc(N2CCN(C3CCCCC3)CC2)cc1. The summed E-state index contributed by atoms with van der Waals surface area (Å²) < 4.78 is 0. The third-order valence-electron chi connectivity index (χ3n) is 4.83. The predicted octanol–water partition coefficient (Wildman–Crippen LogP) is 3.05. The number of rotatable bonds is 3. The number of anilines is 1. The van der Waals surface area contributed by atoms with Crippen molar-refractivity contribution in [2.45, 2.75) is 38.1 Å². The van der Waals surface area contributed by atoms with Gasteiger partial charge in [-0.05, 0) is 25.0 Å². The van der Waals surface area contributed by atoms with Crippen molar-refractivity contribution in [3.63, 3.8) is 0 Å². The van der Waals surface area contributed by atoms with Crippen LogP contribution in [0.25, 0.3) is 0 Å². The standard InChI is InChI=1S/C16H23N3O2/c20-19(21)16-8-6-15(7-9-16)18-12-10-17(11-13-18)14-4-2-1-3-5-14/h6-9,14H,1-5,10-13H2. The summed E-state index contributed by atoms with van der Waals surface area (Å²) in [7, 11) is 0. The minimum atomic E-state index is -0.342. The normalized spacial score (nSPS) is 21.4. The number of nitro groups is 1. The van der Waals surface area contributed by atoms with E-state index in [0.29, 0.717) is 0 Å². The lowest BCUT2D eigenvalue weighted by Crippen LogP contribution is -2.50. The Kier molecular flexibility index (Phi) is 4.39. The van der Waals surface area contributed by atoms with Crippen molar-refractivity contribution in [2.24, 2.45) is 0 Å². The van der Waals surface area contributed by atoms with Gasteiger partial charge in [0.25, 0.3) is 5.69 Å². The number of hydrogen-bond donors (Lipinski definition) is 0. The smallest absolute Gasteiger partial charge is 0.269 e. The van der Waals surface area contributed by atoms with Crippen LogP contribution in [0.4, 0.5) is 11.4 Å². The van der Waals surface area contributed by atoms with E-state index in [4.69, 9.17) is 0 Å². The van der Waals surface area contributed by atoms with E-state index in [1.54, 1.807) is 12.1 Å². The number of nitrogens with zero attached hydrogens (tertiary/aromatic N) is 3. The minimum absolute atomic E-state index is 0.166. The Bertz CT molecular complexity index is 475. The van der Waals surface area contributed by atoms with Crippen LogP contribution in [0.1, 0.15) is 32.1 Å². The van der Waals surface area contributed by atoms with Crippen LogP contribution in [0.5, 0.6) is 0 Å². The highest BCUT2D eigenvalue weighted by Crippen LogP contribution is 2.25. The topological polar surface area (TPSA) is 49.6 Å². The van der Waals surface area contributed by atoms with Crippen molar-refractivity contribution in [1.82, 2.24) is 4.90 Å². The van der Waals surface area contributed by atoms with E-state index < -0.39 is 0 Å². The van der Waals surface area contributed by atoms with Gasteiger partial charge in [-0.1, -0.05) is 19.3 Å². The molecule has 1 aliphatic heterocycles. The molecule has 1 aliphatic carbocycles. The highest BCUT2D eigenvalue weighted by molar-refractivity contribution is 5.51. The summed E-state index contributed by atoms with van der Waals surface area (Å²) in [5.74, 6) is 0. The van der Waals surface area contributed by atoms with Gasteiger partial charge < -0.3 is 4.90 Å². The van der Waals surface area contributed by atoms with Crippen LogP contribution in [0.3, 0.4) is 0 Å². The predicted molar refractivity (Wildman–Crippen MR) is 83.8 cm³/mol. The molecule has 5 heteroatoms. The van der Waals surface area contributed by atoms with Crippen LogP contribution in [0.2, 0.25) is 0 Å². The highest BCUT2D eigenvalue weighted by atomic mass is 16.6. The molecule has 2 aliphatic rings. The van der Waals surface area contributed by atoms with Crippen LogP contribution in [-0.2, 0) is 0 Å².